The van der Waals surface area contributed by atoms with Crippen molar-refractivity contribution in [3.05, 3.63) is 39.9 Å². The number of hydrogen-bond acceptors (Lipinski definition) is 5. The van der Waals surface area contributed by atoms with E-state index in [-0.39, 0.29) is 12.2 Å². The predicted molar refractivity (Wildman–Crippen MR) is 58.2 cm³/mol. The number of rotatable bonds is 3. The lowest BCUT2D eigenvalue weighted by atomic mass is 10.2. The van der Waals surface area contributed by atoms with Crippen molar-refractivity contribution in [3.63, 3.8) is 0 Å². The Hall–Kier alpha value is -2.48. The molecular weight excluding hydrogens is 242 g/mol. The first kappa shape index (κ1) is 12.0. The Morgan fingerprint density at radius 1 is 1.44 bits per heavy atom. The van der Waals surface area contributed by atoms with Gasteiger partial charge in [-0.2, -0.15) is 0 Å². The van der Waals surface area contributed by atoms with Gasteiger partial charge >= 0.3 is 6.03 Å². The van der Waals surface area contributed by atoms with Crippen LogP contribution in [-0.4, -0.2) is 33.1 Å². The summed E-state index contributed by atoms with van der Waals surface area (Å²) in [5.74, 6) is -0.801. The minimum Gasteiger partial charge on any atom is -0.365 e. The van der Waals surface area contributed by atoms with E-state index in [1.54, 1.807) is 6.07 Å². The fourth-order valence-corrected chi connectivity index (χ4v) is 1.62. The lowest BCUT2D eigenvalue weighted by Crippen LogP contribution is -2.34. The second-order valence-electron chi connectivity index (χ2n) is 3.72. The Bertz CT molecular complexity index is 530. The molecule has 1 aromatic carbocycles. The van der Waals surface area contributed by atoms with Gasteiger partial charge in [-0.15, -0.1) is 0 Å². The molecule has 1 fully saturated rings. The first-order valence-electron chi connectivity index (χ1n) is 5.02. The van der Waals surface area contributed by atoms with E-state index < -0.39 is 23.1 Å². The molecule has 0 bridgehead atoms. The number of amides is 3. The van der Waals surface area contributed by atoms with Gasteiger partial charge in [0.05, 0.1) is 11.5 Å². The fraction of sp³-hybridized carbons (Fsp3) is 0.200. The Balaban J connectivity index is 2.19. The third-order valence-electron chi connectivity index (χ3n) is 2.50. The van der Waals surface area contributed by atoms with Crippen molar-refractivity contribution < 1.29 is 19.6 Å². The van der Waals surface area contributed by atoms with E-state index in [9.17, 15) is 24.8 Å². The molecular formula is C10H9N3O5. The molecule has 1 aromatic rings. The minimum atomic E-state index is -1.56. The van der Waals surface area contributed by atoms with Gasteiger partial charge in [0.1, 0.15) is 0 Å². The van der Waals surface area contributed by atoms with Crippen molar-refractivity contribution in [2.45, 2.75) is 12.8 Å². The Morgan fingerprint density at radius 2 is 2.17 bits per heavy atom. The average molecular weight is 251 g/mol. The summed E-state index contributed by atoms with van der Waals surface area (Å²) >= 11 is 0. The number of nitrogens with zero attached hydrogens (tertiary/aromatic N) is 2. The molecule has 2 rings (SSSR count). The highest BCUT2D eigenvalue weighted by Gasteiger charge is 2.36. The standard InChI is InChI=1S/C10H9N3O5/c14-8-9(15)12(10(16)11-8)5-6-2-1-3-7(4-6)13(17)18/h1-4,9,15H,5H2,(H,11,14,16). The van der Waals surface area contributed by atoms with Gasteiger partial charge in [-0.3, -0.25) is 25.1 Å². The number of aliphatic hydroxyl groups excluding tert-OH is 1. The number of non-ortho nitro benzene ring substituents is 1. The summed E-state index contributed by atoms with van der Waals surface area (Å²) in [5.41, 5.74) is 0.334. The van der Waals surface area contributed by atoms with Crippen LogP contribution in [0.1, 0.15) is 5.56 Å². The van der Waals surface area contributed by atoms with Crippen LogP contribution in [0.5, 0.6) is 0 Å². The summed E-state index contributed by atoms with van der Waals surface area (Å²) in [5, 5.41) is 21.9. The summed E-state index contributed by atoms with van der Waals surface area (Å²) in [6.45, 7) is -0.0829. The molecule has 8 heteroatoms. The maximum absolute atomic E-state index is 11.3. The second-order valence-corrected chi connectivity index (χ2v) is 3.72. The van der Waals surface area contributed by atoms with E-state index in [2.05, 4.69) is 0 Å². The molecule has 1 aliphatic heterocycles. The normalized spacial score (nSPS) is 18.9. The van der Waals surface area contributed by atoms with Crippen molar-refractivity contribution in [2.24, 2.45) is 0 Å². The zero-order chi connectivity index (χ0) is 13.3. The van der Waals surface area contributed by atoms with Gasteiger partial charge in [-0.25, -0.2) is 4.79 Å². The Morgan fingerprint density at radius 3 is 2.72 bits per heavy atom. The molecule has 0 spiro atoms. The van der Waals surface area contributed by atoms with Gasteiger partial charge in [-0.05, 0) is 5.56 Å². The third kappa shape index (κ3) is 2.13. The second kappa shape index (κ2) is 4.41. The van der Waals surface area contributed by atoms with Crippen LogP contribution >= 0.6 is 0 Å². The number of aliphatic hydroxyl groups is 1. The maximum Gasteiger partial charge on any atom is 0.326 e. The molecule has 0 aliphatic carbocycles. The highest BCUT2D eigenvalue weighted by atomic mass is 16.6. The van der Waals surface area contributed by atoms with E-state index >= 15 is 0 Å². The molecule has 0 radical (unpaired) electrons. The van der Waals surface area contributed by atoms with Crippen molar-refractivity contribution in [1.29, 1.82) is 0 Å². The number of carbonyl (C=O) groups is 2. The van der Waals surface area contributed by atoms with E-state index in [1.807, 2.05) is 5.32 Å². The quantitative estimate of drug-likeness (QED) is 0.444. The van der Waals surface area contributed by atoms with Gasteiger partial charge < -0.3 is 5.11 Å². The van der Waals surface area contributed by atoms with E-state index in [1.165, 1.54) is 18.2 Å². The molecule has 94 valence electrons. The highest BCUT2D eigenvalue weighted by Crippen LogP contribution is 2.17. The number of nitrogens with one attached hydrogen (secondary N) is 1. The largest absolute Gasteiger partial charge is 0.365 e. The topological polar surface area (TPSA) is 113 Å². The highest BCUT2D eigenvalue weighted by molar-refractivity contribution is 6.03. The zero-order valence-corrected chi connectivity index (χ0v) is 9.07. The minimum absolute atomic E-state index is 0.0829. The van der Waals surface area contributed by atoms with Crippen LogP contribution in [0.25, 0.3) is 0 Å². The number of urea groups is 1. The smallest absolute Gasteiger partial charge is 0.326 e. The first-order valence-corrected chi connectivity index (χ1v) is 5.02. The average Bonchev–Trinajstić information content (AvgIpc) is 2.56. The van der Waals surface area contributed by atoms with Crippen molar-refractivity contribution in [1.82, 2.24) is 10.2 Å². The van der Waals surface area contributed by atoms with Crippen LogP contribution in [0.15, 0.2) is 24.3 Å². The Kier molecular flexibility index (Phi) is 2.94. The van der Waals surface area contributed by atoms with Crippen LogP contribution < -0.4 is 5.32 Å². The Labute approximate surface area is 101 Å². The molecule has 1 unspecified atom stereocenters. The summed E-state index contributed by atoms with van der Waals surface area (Å²) in [6, 6.07) is 4.91. The summed E-state index contributed by atoms with van der Waals surface area (Å²) in [6.07, 6.45) is -1.56. The molecule has 1 atom stereocenters. The van der Waals surface area contributed by atoms with E-state index in [0.717, 1.165) is 4.90 Å². The van der Waals surface area contributed by atoms with Gasteiger partial charge in [0.25, 0.3) is 11.6 Å². The number of nitro benzene ring substituents is 1. The summed E-state index contributed by atoms with van der Waals surface area (Å²) in [7, 11) is 0. The van der Waals surface area contributed by atoms with Crippen LogP contribution in [0.3, 0.4) is 0 Å². The molecule has 1 heterocycles. The zero-order valence-electron chi connectivity index (χ0n) is 9.07. The van der Waals surface area contributed by atoms with Gasteiger partial charge in [0.2, 0.25) is 6.23 Å². The molecule has 3 amide bonds. The van der Waals surface area contributed by atoms with Gasteiger partial charge in [0.15, 0.2) is 0 Å². The molecule has 0 aromatic heterocycles. The lowest BCUT2D eigenvalue weighted by Gasteiger charge is -2.16. The predicted octanol–water partition coefficient (Wildman–Crippen LogP) is -0.0350. The number of carbonyl (C=O) groups excluding carboxylic acids is 2. The monoisotopic (exact) mass is 251 g/mol. The van der Waals surface area contributed by atoms with Crippen LogP contribution in [0.4, 0.5) is 10.5 Å². The van der Waals surface area contributed by atoms with E-state index in [4.69, 9.17) is 0 Å². The van der Waals surface area contributed by atoms with Gasteiger partial charge in [0, 0.05) is 12.1 Å². The van der Waals surface area contributed by atoms with Crippen LogP contribution in [0, 0.1) is 10.1 Å². The number of benzene rings is 1. The summed E-state index contributed by atoms with van der Waals surface area (Å²) < 4.78 is 0. The summed E-state index contributed by atoms with van der Waals surface area (Å²) in [4.78, 5) is 33.3. The molecule has 18 heavy (non-hydrogen) atoms. The third-order valence-corrected chi connectivity index (χ3v) is 2.50. The SMILES string of the molecule is O=C1NC(=O)N(Cc2cccc([N+](=O)[O-])c2)C1O. The molecule has 1 aliphatic rings. The maximum atomic E-state index is 11.3. The van der Waals surface area contributed by atoms with Crippen molar-refractivity contribution >= 4 is 17.6 Å². The number of imide groups is 1. The molecule has 2 N–H and O–H groups in total. The molecule has 1 saturated heterocycles. The number of nitro groups is 1. The van der Waals surface area contributed by atoms with Crippen LogP contribution in [-0.2, 0) is 11.3 Å². The van der Waals surface area contributed by atoms with E-state index in [0.29, 0.717) is 5.56 Å². The molecule has 0 saturated carbocycles. The van der Waals surface area contributed by atoms with Crippen molar-refractivity contribution in [2.75, 3.05) is 0 Å². The number of hydrogen-bond donors (Lipinski definition) is 2. The van der Waals surface area contributed by atoms with Crippen LogP contribution in [0.2, 0.25) is 0 Å². The van der Waals surface area contributed by atoms with Gasteiger partial charge in [-0.1, -0.05) is 12.1 Å². The van der Waals surface area contributed by atoms with Crippen molar-refractivity contribution in [3.8, 4) is 0 Å². The first-order chi connectivity index (χ1) is 8.49. The fourth-order valence-electron chi connectivity index (χ4n) is 1.62. The lowest BCUT2D eigenvalue weighted by molar-refractivity contribution is -0.384. The molecule has 8 nitrogen and oxygen atoms in total.